The van der Waals surface area contributed by atoms with Gasteiger partial charge in [0.2, 0.25) is 11.8 Å². The summed E-state index contributed by atoms with van der Waals surface area (Å²) >= 11 is 0. The van der Waals surface area contributed by atoms with E-state index < -0.39 is 0 Å². The van der Waals surface area contributed by atoms with Crippen LogP contribution in [0.25, 0.3) is 11.1 Å². The first-order chi connectivity index (χ1) is 12.2. The lowest BCUT2D eigenvalue weighted by molar-refractivity contribution is -0.134. The van der Waals surface area contributed by atoms with Crippen molar-refractivity contribution in [2.75, 3.05) is 6.54 Å². The zero-order valence-corrected chi connectivity index (χ0v) is 13.9. The molecular formula is C21H20N2O2. The van der Waals surface area contributed by atoms with E-state index in [1.54, 1.807) is 0 Å². The van der Waals surface area contributed by atoms with Crippen molar-refractivity contribution in [3.8, 4) is 11.1 Å². The van der Waals surface area contributed by atoms with Crippen molar-refractivity contribution in [3.63, 3.8) is 0 Å². The summed E-state index contributed by atoms with van der Waals surface area (Å²) in [5.74, 6) is -0.0256. The zero-order valence-electron chi connectivity index (χ0n) is 13.9. The van der Waals surface area contributed by atoms with Gasteiger partial charge < -0.3 is 10.2 Å². The van der Waals surface area contributed by atoms with Gasteiger partial charge >= 0.3 is 0 Å². The molecule has 2 fully saturated rings. The highest BCUT2D eigenvalue weighted by molar-refractivity contribution is 5.97. The molecule has 2 saturated heterocycles. The van der Waals surface area contributed by atoms with Crippen LogP contribution in [0, 0.1) is 0 Å². The molecule has 2 heterocycles. The van der Waals surface area contributed by atoms with E-state index in [-0.39, 0.29) is 29.8 Å². The van der Waals surface area contributed by atoms with Gasteiger partial charge in [-0.2, -0.15) is 0 Å². The first-order valence-corrected chi connectivity index (χ1v) is 9.01. The van der Waals surface area contributed by atoms with E-state index in [1.165, 1.54) is 0 Å². The van der Waals surface area contributed by atoms with Crippen LogP contribution in [0.5, 0.6) is 0 Å². The van der Waals surface area contributed by atoms with Crippen LogP contribution < -0.4 is 5.32 Å². The Morgan fingerprint density at radius 1 is 0.920 bits per heavy atom. The molecule has 1 aliphatic carbocycles. The van der Waals surface area contributed by atoms with Crippen LogP contribution in [-0.4, -0.2) is 35.3 Å². The summed E-state index contributed by atoms with van der Waals surface area (Å²) in [5, 5.41) is 2.96. The number of nitrogens with one attached hydrogen (secondary N) is 1. The van der Waals surface area contributed by atoms with Crippen LogP contribution in [0.3, 0.4) is 0 Å². The van der Waals surface area contributed by atoms with Crippen molar-refractivity contribution in [1.82, 2.24) is 10.2 Å². The average Bonchev–Trinajstić information content (AvgIpc) is 3.12. The van der Waals surface area contributed by atoms with E-state index in [2.05, 4.69) is 29.6 Å². The van der Waals surface area contributed by atoms with E-state index in [0.29, 0.717) is 13.0 Å². The molecule has 25 heavy (non-hydrogen) atoms. The van der Waals surface area contributed by atoms with Gasteiger partial charge in [-0.25, -0.2) is 0 Å². The second-order valence-corrected chi connectivity index (χ2v) is 7.25. The van der Waals surface area contributed by atoms with E-state index >= 15 is 0 Å². The van der Waals surface area contributed by atoms with Crippen LogP contribution in [0.2, 0.25) is 0 Å². The molecule has 2 aromatic carbocycles. The van der Waals surface area contributed by atoms with Crippen molar-refractivity contribution in [3.05, 3.63) is 59.7 Å². The van der Waals surface area contributed by atoms with Crippen molar-refractivity contribution >= 4 is 11.8 Å². The van der Waals surface area contributed by atoms with Gasteiger partial charge in [-0.3, -0.25) is 9.59 Å². The van der Waals surface area contributed by atoms with Crippen LogP contribution in [0.4, 0.5) is 0 Å². The Balaban J connectivity index is 1.59. The van der Waals surface area contributed by atoms with Crippen molar-refractivity contribution in [1.29, 1.82) is 0 Å². The van der Waals surface area contributed by atoms with Crippen LogP contribution >= 0.6 is 0 Å². The van der Waals surface area contributed by atoms with E-state index in [0.717, 1.165) is 35.1 Å². The van der Waals surface area contributed by atoms with Crippen molar-refractivity contribution in [2.24, 2.45) is 0 Å². The lowest BCUT2D eigenvalue weighted by Crippen LogP contribution is -2.44. The molecule has 126 valence electrons. The van der Waals surface area contributed by atoms with Gasteiger partial charge in [0, 0.05) is 25.0 Å². The minimum absolute atomic E-state index is 0.0416. The third kappa shape index (κ3) is 2.13. The molecule has 3 aliphatic rings. The monoisotopic (exact) mass is 332 g/mol. The number of carbonyl (C=O) groups excluding carboxylic acids is 2. The first kappa shape index (κ1) is 14.7. The number of carbonyl (C=O) groups is 2. The zero-order chi connectivity index (χ0) is 17.0. The maximum atomic E-state index is 13.6. The van der Waals surface area contributed by atoms with Gasteiger partial charge in [0.15, 0.2) is 0 Å². The lowest BCUT2D eigenvalue weighted by Gasteiger charge is -2.30. The van der Waals surface area contributed by atoms with Gasteiger partial charge in [-0.1, -0.05) is 48.5 Å². The van der Waals surface area contributed by atoms with Gasteiger partial charge in [-0.05, 0) is 35.1 Å². The Hall–Kier alpha value is -2.62. The third-order valence-electron chi connectivity index (χ3n) is 5.91. The number of nitrogens with zero attached hydrogens (tertiary/aromatic N) is 1. The second kappa shape index (κ2) is 5.45. The van der Waals surface area contributed by atoms with Gasteiger partial charge in [0.05, 0.1) is 5.92 Å². The SMILES string of the molecule is O=C1C[C@@H]2CC[C@H](CN1)N2C(=O)C1c2ccccc2-c2ccccc21. The largest absolute Gasteiger partial charge is 0.354 e. The Morgan fingerprint density at radius 3 is 2.20 bits per heavy atom. The molecule has 1 N–H and O–H groups in total. The quantitative estimate of drug-likeness (QED) is 0.873. The van der Waals surface area contributed by atoms with Crippen LogP contribution in [0.15, 0.2) is 48.5 Å². The number of benzene rings is 2. The first-order valence-electron chi connectivity index (χ1n) is 9.01. The summed E-state index contributed by atoms with van der Waals surface area (Å²) in [6.07, 6.45) is 2.34. The molecule has 0 saturated carbocycles. The fourth-order valence-corrected chi connectivity index (χ4v) is 4.81. The molecule has 5 rings (SSSR count). The average molecular weight is 332 g/mol. The Labute approximate surface area is 146 Å². The molecule has 0 aromatic heterocycles. The van der Waals surface area contributed by atoms with E-state index in [9.17, 15) is 9.59 Å². The van der Waals surface area contributed by atoms with Gasteiger partial charge in [0.25, 0.3) is 0 Å². The maximum Gasteiger partial charge on any atom is 0.235 e. The van der Waals surface area contributed by atoms with Crippen molar-refractivity contribution < 1.29 is 9.59 Å². The molecular weight excluding hydrogens is 312 g/mol. The molecule has 4 heteroatoms. The number of hydrogen-bond acceptors (Lipinski definition) is 2. The lowest BCUT2D eigenvalue weighted by atomic mass is 9.94. The van der Waals surface area contributed by atoms with Crippen LogP contribution in [-0.2, 0) is 9.59 Å². The molecule has 2 atom stereocenters. The minimum Gasteiger partial charge on any atom is -0.354 e. The highest BCUT2D eigenvalue weighted by atomic mass is 16.2. The van der Waals surface area contributed by atoms with Crippen LogP contribution in [0.1, 0.15) is 36.3 Å². The molecule has 2 aromatic rings. The smallest absolute Gasteiger partial charge is 0.235 e. The summed E-state index contributed by atoms with van der Waals surface area (Å²) in [6.45, 7) is 0.580. The van der Waals surface area contributed by atoms with Gasteiger partial charge in [-0.15, -0.1) is 0 Å². The molecule has 2 aliphatic heterocycles. The molecule has 0 unspecified atom stereocenters. The molecule has 0 radical (unpaired) electrons. The second-order valence-electron chi connectivity index (χ2n) is 7.25. The summed E-state index contributed by atoms with van der Waals surface area (Å²) in [6, 6.07) is 16.6. The highest BCUT2D eigenvalue weighted by Gasteiger charge is 2.45. The number of hydrogen-bond donors (Lipinski definition) is 1. The number of fused-ring (bicyclic) bond motifs is 5. The minimum atomic E-state index is -0.247. The Kier molecular flexibility index (Phi) is 3.20. The molecule has 2 bridgehead atoms. The Bertz CT molecular complexity index is 830. The summed E-state index contributed by atoms with van der Waals surface area (Å²) in [4.78, 5) is 27.6. The Morgan fingerprint density at radius 2 is 1.52 bits per heavy atom. The predicted octanol–water partition coefficient (Wildman–Crippen LogP) is 2.68. The predicted molar refractivity (Wildman–Crippen MR) is 95.0 cm³/mol. The molecule has 0 spiro atoms. The summed E-state index contributed by atoms with van der Waals surface area (Å²) < 4.78 is 0. The fourth-order valence-electron chi connectivity index (χ4n) is 4.81. The van der Waals surface area contributed by atoms with Gasteiger partial charge in [0.1, 0.15) is 0 Å². The standard InChI is InChI=1S/C21H20N2O2/c24-19-11-13-9-10-14(12-22-19)23(13)21(25)20-17-7-3-1-5-15(17)16-6-2-4-8-18(16)20/h1-8,13-14,20H,9-12H2,(H,22,24)/t13-,14+/m0/s1. The fraction of sp³-hybridized carbons (Fsp3) is 0.333. The highest BCUT2D eigenvalue weighted by Crippen LogP contribution is 2.46. The molecule has 4 nitrogen and oxygen atoms in total. The van der Waals surface area contributed by atoms with E-state index in [1.807, 2.05) is 29.2 Å². The number of rotatable bonds is 1. The summed E-state index contributed by atoms with van der Waals surface area (Å²) in [7, 11) is 0. The normalized spacial score (nSPS) is 24.5. The molecule has 2 amide bonds. The maximum absolute atomic E-state index is 13.6. The number of amides is 2. The third-order valence-corrected chi connectivity index (χ3v) is 5.91. The topological polar surface area (TPSA) is 49.4 Å². The van der Waals surface area contributed by atoms with E-state index in [4.69, 9.17) is 0 Å². The van der Waals surface area contributed by atoms with Crippen molar-refractivity contribution in [2.45, 2.75) is 37.3 Å². The summed E-state index contributed by atoms with van der Waals surface area (Å²) in [5.41, 5.74) is 4.51.